The normalized spacial score (nSPS) is 11.2. The molecule has 0 fully saturated rings. The summed E-state index contributed by atoms with van der Waals surface area (Å²) in [6.07, 6.45) is 3.35. The molecule has 0 radical (unpaired) electrons. The third-order valence-corrected chi connectivity index (χ3v) is 5.36. The van der Waals surface area contributed by atoms with Gasteiger partial charge in [0.1, 0.15) is 30.3 Å². The molecule has 0 saturated carbocycles. The van der Waals surface area contributed by atoms with Gasteiger partial charge in [0.25, 0.3) is 0 Å². The van der Waals surface area contributed by atoms with E-state index in [2.05, 4.69) is 25.7 Å². The average Bonchev–Trinajstić information content (AvgIpc) is 3.21. The van der Waals surface area contributed by atoms with Crippen LogP contribution in [0.2, 0.25) is 0 Å². The molecule has 0 aliphatic heterocycles. The first kappa shape index (κ1) is 20.8. The van der Waals surface area contributed by atoms with Crippen LogP contribution in [-0.4, -0.2) is 39.9 Å². The number of ether oxygens (including phenoxy) is 1. The van der Waals surface area contributed by atoms with E-state index in [1.54, 1.807) is 6.07 Å². The molecule has 0 bridgehead atoms. The zero-order valence-corrected chi connectivity index (χ0v) is 18.1. The second kappa shape index (κ2) is 9.22. The van der Waals surface area contributed by atoms with Crippen LogP contribution in [0, 0.1) is 5.82 Å². The van der Waals surface area contributed by atoms with Crippen LogP contribution in [-0.2, 0) is 6.54 Å². The number of aromatic nitrogens is 4. The molecule has 2 N–H and O–H groups in total. The maximum Gasteiger partial charge on any atom is 0.145 e. The summed E-state index contributed by atoms with van der Waals surface area (Å²) in [6.45, 7) is 1.78. The molecule has 0 atom stereocenters. The number of fused-ring (bicyclic) bond motifs is 2. The fourth-order valence-electron chi connectivity index (χ4n) is 3.79. The van der Waals surface area contributed by atoms with Crippen molar-refractivity contribution in [1.82, 2.24) is 25.1 Å². The highest BCUT2D eigenvalue weighted by atomic mass is 19.1. The molecule has 0 aliphatic carbocycles. The predicted octanol–water partition coefficient (Wildman–Crippen LogP) is 4.51. The van der Waals surface area contributed by atoms with Gasteiger partial charge >= 0.3 is 0 Å². The number of nitrogens with zero attached hydrogens (tertiary/aromatic N) is 4. The molecule has 2 heterocycles. The molecule has 166 valence electrons. The summed E-state index contributed by atoms with van der Waals surface area (Å²) in [6, 6.07) is 18.3. The van der Waals surface area contributed by atoms with Crippen LogP contribution in [0.25, 0.3) is 21.8 Å². The molecule has 0 amide bonds. The first-order valence-electron chi connectivity index (χ1n) is 10.7. The van der Waals surface area contributed by atoms with Crippen molar-refractivity contribution >= 4 is 33.3 Å². The zero-order valence-electron chi connectivity index (χ0n) is 18.1. The standard InChI is InChI=1S/C25H23FN6O/c1-27-10-11-33-23-7-3-6-21-24(23)25(29-16-28-21)31-20-8-9-22-18(13-20)14-30-32(22)15-17-4-2-5-19(26)12-17/h2-9,12-14,16,27H,10-11,15H2,1H3,(H,28,29,31). The van der Waals surface area contributed by atoms with Gasteiger partial charge in [0, 0.05) is 17.6 Å². The Morgan fingerprint density at radius 3 is 2.82 bits per heavy atom. The molecule has 7 nitrogen and oxygen atoms in total. The minimum Gasteiger partial charge on any atom is -0.491 e. The summed E-state index contributed by atoms with van der Waals surface area (Å²) in [7, 11) is 1.89. The van der Waals surface area contributed by atoms with Crippen molar-refractivity contribution < 1.29 is 9.13 Å². The maximum atomic E-state index is 13.5. The van der Waals surface area contributed by atoms with E-state index in [-0.39, 0.29) is 5.82 Å². The number of likely N-dealkylation sites (N-methyl/N-ethyl adjacent to an activating group) is 1. The largest absolute Gasteiger partial charge is 0.491 e. The fourth-order valence-corrected chi connectivity index (χ4v) is 3.79. The third kappa shape index (κ3) is 4.47. The van der Waals surface area contributed by atoms with Crippen molar-refractivity contribution in [3.8, 4) is 5.75 Å². The van der Waals surface area contributed by atoms with Gasteiger partial charge in [0.15, 0.2) is 0 Å². The lowest BCUT2D eigenvalue weighted by Crippen LogP contribution is -2.16. The van der Waals surface area contributed by atoms with E-state index in [1.165, 1.54) is 18.5 Å². The number of hydrogen-bond acceptors (Lipinski definition) is 6. The van der Waals surface area contributed by atoms with Crippen LogP contribution in [0.5, 0.6) is 5.75 Å². The minimum atomic E-state index is -0.248. The van der Waals surface area contributed by atoms with Gasteiger partial charge in [-0.3, -0.25) is 4.68 Å². The van der Waals surface area contributed by atoms with E-state index in [9.17, 15) is 4.39 Å². The summed E-state index contributed by atoms with van der Waals surface area (Å²) in [5.74, 6) is 1.16. The molecule has 0 aliphatic rings. The van der Waals surface area contributed by atoms with E-state index in [4.69, 9.17) is 4.74 Å². The predicted molar refractivity (Wildman–Crippen MR) is 127 cm³/mol. The molecular weight excluding hydrogens is 419 g/mol. The first-order valence-corrected chi connectivity index (χ1v) is 10.7. The highest BCUT2D eigenvalue weighted by molar-refractivity contribution is 5.96. The van der Waals surface area contributed by atoms with E-state index in [0.29, 0.717) is 19.0 Å². The second-order valence-electron chi connectivity index (χ2n) is 7.66. The summed E-state index contributed by atoms with van der Waals surface area (Å²) in [5, 5.41) is 12.8. The monoisotopic (exact) mass is 442 g/mol. The van der Waals surface area contributed by atoms with Gasteiger partial charge in [-0.1, -0.05) is 18.2 Å². The van der Waals surface area contributed by atoms with E-state index >= 15 is 0 Å². The van der Waals surface area contributed by atoms with Gasteiger partial charge in [-0.15, -0.1) is 0 Å². The molecule has 2 aromatic heterocycles. The maximum absolute atomic E-state index is 13.5. The lowest BCUT2D eigenvalue weighted by Gasteiger charge is -2.13. The van der Waals surface area contributed by atoms with Crippen LogP contribution in [0.4, 0.5) is 15.9 Å². The molecular formula is C25H23FN6O. The topological polar surface area (TPSA) is 76.9 Å². The first-order chi connectivity index (χ1) is 16.2. The van der Waals surface area contributed by atoms with Gasteiger partial charge in [-0.2, -0.15) is 5.10 Å². The van der Waals surface area contributed by atoms with Crippen molar-refractivity contribution in [2.45, 2.75) is 6.54 Å². The fraction of sp³-hybridized carbons (Fsp3) is 0.160. The van der Waals surface area contributed by atoms with Gasteiger partial charge < -0.3 is 15.4 Å². The highest BCUT2D eigenvalue weighted by Crippen LogP contribution is 2.32. The van der Waals surface area contributed by atoms with Crippen LogP contribution in [0.15, 0.2) is 73.2 Å². The van der Waals surface area contributed by atoms with Gasteiger partial charge in [-0.25, -0.2) is 14.4 Å². The Morgan fingerprint density at radius 2 is 1.94 bits per heavy atom. The Balaban J connectivity index is 1.43. The van der Waals surface area contributed by atoms with Crippen molar-refractivity contribution in [2.75, 3.05) is 25.5 Å². The molecule has 33 heavy (non-hydrogen) atoms. The lowest BCUT2D eigenvalue weighted by molar-refractivity contribution is 0.322. The van der Waals surface area contributed by atoms with Gasteiger partial charge in [0.2, 0.25) is 0 Å². The Morgan fingerprint density at radius 1 is 1.03 bits per heavy atom. The third-order valence-electron chi connectivity index (χ3n) is 5.36. The molecule has 0 saturated heterocycles. The van der Waals surface area contributed by atoms with E-state index in [1.807, 2.05) is 60.4 Å². The number of halogens is 1. The van der Waals surface area contributed by atoms with Crippen molar-refractivity contribution in [3.63, 3.8) is 0 Å². The van der Waals surface area contributed by atoms with Crippen LogP contribution in [0.1, 0.15) is 5.56 Å². The van der Waals surface area contributed by atoms with Crippen LogP contribution < -0.4 is 15.4 Å². The number of hydrogen-bond donors (Lipinski definition) is 2. The highest BCUT2D eigenvalue weighted by Gasteiger charge is 2.12. The number of nitrogens with one attached hydrogen (secondary N) is 2. The molecule has 5 aromatic rings. The van der Waals surface area contributed by atoms with E-state index < -0.39 is 0 Å². The molecule has 8 heteroatoms. The Bertz CT molecular complexity index is 1410. The van der Waals surface area contributed by atoms with Crippen LogP contribution in [0.3, 0.4) is 0 Å². The van der Waals surface area contributed by atoms with Crippen molar-refractivity contribution in [2.24, 2.45) is 0 Å². The summed E-state index contributed by atoms with van der Waals surface area (Å²) in [4.78, 5) is 8.85. The summed E-state index contributed by atoms with van der Waals surface area (Å²) < 4.78 is 21.4. The molecule has 3 aromatic carbocycles. The Hall–Kier alpha value is -4.04. The van der Waals surface area contributed by atoms with Gasteiger partial charge in [-0.05, 0) is 55.1 Å². The summed E-state index contributed by atoms with van der Waals surface area (Å²) in [5.41, 5.74) is 3.50. The lowest BCUT2D eigenvalue weighted by atomic mass is 10.2. The Kier molecular flexibility index (Phi) is 5.82. The van der Waals surface area contributed by atoms with E-state index in [0.717, 1.165) is 45.4 Å². The van der Waals surface area contributed by atoms with Gasteiger partial charge in [0.05, 0.1) is 29.2 Å². The quantitative estimate of drug-likeness (QED) is 0.345. The smallest absolute Gasteiger partial charge is 0.145 e. The van der Waals surface area contributed by atoms with Crippen molar-refractivity contribution in [3.05, 3.63) is 84.6 Å². The minimum absolute atomic E-state index is 0.248. The number of benzene rings is 3. The average molecular weight is 442 g/mol. The van der Waals surface area contributed by atoms with Crippen molar-refractivity contribution in [1.29, 1.82) is 0 Å². The van der Waals surface area contributed by atoms with Crippen LogP contribution >= 0.6 is 0 Å². The SMILES string of the molecule is CNCCOc1cccc2ncnc(Nc3ccc4c(cnn4Cc4cccc(F)c4)c3)c12. The second-order valence-corrected chi connectivity index (χ2v) is 7.66. The molecule has 0 spiro atoms. The summed E-state index contributed by atoms with van der Waals surface area (Å²) >= 11 is 0. The zero-order chi connectivity index (χ0) is 22.6. The molecule has 0 unspecified atom stereocenters. The number of rotatable bonds is 8. The molecule has 5 rings (SSSR count). The Labute approximate surface area is 190 Å². The number of anilines is 2.